The molecule has 0 amide bonds. The molecule has 35 heavy (non-hydrogen) atoms. The number of aryl methyl sites for hydroxylation is 1. The number of anilines is 2. The van der Waals surface area contributed by atoms with E-state index in [4.69, 9.17) is 9.47 Å². The van der Waals surface area contributed by atoms with Gasteiger partial charge in [0.1, 0.15) is 11.5 Å². The van der Waals surface area contributed by atoms with Crippen LogP contribution in [-0.2, 0) is 19.3 Å². The van der Waals surface area contributed by atoms with Crippen molar-refractivity contribution < 1.29 is 22.6 Å². The van der Waals surface area contributed by atoms with Crippen LogP contribution in [0.4, 0.5) is 24.5 Å². The van der Waals surface area contributed by atoms with E-state index in [9.17, 15) is 13.2 Å². The van der Waals surface area contributed by atoms with Crippen molar-refractivity contribution in [3.05, 3.63) is 95.1 Å². The van der Waals surface area contributed by atoms with Gasteiger partial charge in [-0.25, -0.2) is 0 Å². The number of halogens is 3. The van der Waals surface area contributed by atoms with Crippen LogP contribution >= 0.6 is 0 Å². The maximum atomic E-state index is 13.2. The number of ether oxygens (including phenoxy) is 2. The number of fused-ring (bicyclic) bond motifs is 5. The summed E-state index contributed by atoms with van der Waals surface area (Å²) >= 11 is 0. The van der Waals surface area contributed by atoms with Crippen LogP contribution in [-0.4, -0.2) is 13.5 Å². The Bertz CT molecular complexity index is 1430. The summed E-state index contributed by atoms with van der Waals surface area (Å²) < 4.78 is 51.8. The Kier molecular flexibility index (Phi) is 5.02. The molecule has 2 heterocycles. The van der Waals surface area contributed by atoms with Crippen molar-refractivity contribution >= 4 is 22.1 Å². The minimum Gasteiger partial charge on any atom is -0.472 e. The number of hydrogen-bond acceptors (Lipinski definition) is 4. The largest absolute Gasteiger partial charge is 0.472 e. The first kappa shape index (κ1) is 21.6. The van der Waals surface area contributed by atoms with Gasteiger partial charge in [0.25, 0.3) is 0 Å². The molecule has 4 aromatic carbocycles. The van der Waals surface area contributed by atoms with Crippen molar-refractivity contribution in [3.63, 3.8) is 0 Å². The van der Waals surface area contributed by atoms with E-state index in [2.05, 4.69) is 42.2 Å². The molecule has 0 saturated carbocycles. The van der Waals surface area contributed by atoms with Crippen LogP contribution in [0.1, 0.15) is 22.3 Å². The van der Waals surface area contributed by atoms with E-state index in [1.54, 1.807) is 11.0 Å². The fraction of sp³-hybridized carbons (Fsp3) is 0.214. The Hall–Kier alpha value is -3.87. The van der Waals surface area contributed by atoms with Gasteiger partial charge in [-0.2, -0.15) is 13.2 Å². The van der Waals surface area contributed by atoms with E-state index in [1.807, 2.05) is 18.2 Å². The van der Waals surface area contributed by atoms with Gasteiger partial charge in [-0.3, -0.25) is 0 Å². The molecule has 4 aromatic rings. The molecule has 6 rings (SSSR count). The highest BCUT2D eigenvalue weighted by molar-refractivity contribution is 5.95. The molecule has 0 radical (unpaired) electrons. The van der Waals surface area contributed by atoms with Crippen molar-refractivity contribution in [2.24, 2.45) is 0 Å². The second-order valence-electron chi connectivity index (χ2n) is 9.03. The molecular weight excluding hydrogens is 453 g/mol. The summed E-state index contributed by atoms with van der Waals surface area (Å²) in [5.41, 5.74) is 4.18. The van der Waals surface area contributed by atoms with Crippen LogP contribution in [0.5, 0.6) is 11.5 Å². The molecule has 0 unspecified atom stereocenters. The second kappa shape index (κ2) is 8.12. The first-order chi connectivity index (χ1) is 16.9. The molecule has 2 aliphatic rings. The highest BCUT2D eigenvalue weighted by Gasteiger charge is 2.31. The van der Waals surface area contributed by atoms with Crippen LogP contribution in [0.25, 0.3) is 10.8 Å². The average molecular weight is 476 g/mol. The molecule has 178 valence electrons. The Morgan fingerprint density at radius 1 is 0.686 bits per heavy atom. The highest BCUT2D eigenvalue weighted by atomic mass is 19.4. The fourth-order valence-corrected chi connectivity index (χ4v) is 4.85. The van der Waals surface area contributed by atoms with Crippen molar-refractivity contribution in [2.45, 2.75) is 26.2 Å². The summed E-state index contributed by atoms with van der Waals surface area (Å²) in [6.45, 7) is 3.91. The molecule has 7 heteroatoms. The molecule has 0 fully saturated rings. The first-order valence-corrected chi connectivity index (χ1v) is 11.4. The van der Waals surface area contributed by atoms with Gasteiger partial charge in [-0.05, 0) is 42.8 Å². The zero-order valence-electron chi connectivity index (χ0n) is 19.1. The number of hydrogen-bond donors (Lipinski definition) is 0. The number of nitrogens with zero attached hydrogens (tertiary/aromatic N) is 2. The second-order valence-corrected chi connectivity index (χ2v) is 9.03. The zero-order chi connectivity index (χ0) is 24.2. The van der Waals surface area contributed by atoms with Crippen molar-refractivity contribution in [2.75, 3.05) is 23.3 Å². The molecule has 2 aliphatic heterocycles. The lowest BCUT2D eigenvalue weighted by molar-refractivity contribution is -0.137. The average Bonchev–Trinajstić information content (AvgIpc) is 2.87. The van der Waals surface area contributed by atoms with Gasteiger partial charge < -0.3 is 19.3 Å². The molecular formula is C28H23F3N2O2. The fourth-order valence-electron chi connectivity index (χ4n) is 4.85. The van der Waals surface area contributed by atoms with Gasteiger partial charge in [-0.15, -0.1) is 0 Å². The summed E-state index contributed by atoms with van der Waals surface area (Å²) in [5, 5.41) is 1.94. The molecule has 0 spiro atoms. The predicted octanol–water partition coefficient (Wildman–Crippen LogP) is 6.88. The molecule has 0 aliphatic carbocycles. The van der Waals surface area contributed by atoms with E-state index in [1.165, 1.54) is 17.7 Å². The Balaban J connectivity index is 1.29. The smallest absolute Gasteiger partial charge is 0.416 e. The maximum Gasteiger partial charge on any atom is 0.416 e. The van der Waals surface area contributed by atoms with Crippen LogP contribution in [0, 0.1) is 6.92 Å². The summed E-state index contributed by atoms with van der Waals surface area (Å²) in [6.07, 6.45) is -4.38. The normalized spacial score (nSPS) is 15.3. The van der Waals surface area contributed by atoms with Crippen molar-refractivity contribution in [1.29, 1.82) is 0 Å². The van der Waals surface area contributed by atoms with Crippen molar-refractivity contribution in [3.8, 4) is 11.5 Å². The first-order valence-electron chi connectivity index (χ1n) is 11.4. The lowest BCUT2D eigenvalue weighted by Gasteiger charge is -2.34. The third kappa shape index (κ3) is 3.91. The van der Waals surface area contributed by atoms with Crippen molar-refractivity contribution in [1.82, 2.24) is 0 Å². The molecule has 4 nitrogen and oxygen atoms in total. The molecule has 0 N–H and O–H groups in total. The monoisotopic (exact) mass is 476 g/mol. The standard InChI is InChI=1S/C28H23F3N2O2/c1-18-4-2-6-22(12-18)32-14-19-8-10-25-24(26(19)34-16-32)11-9-20-15-33(17-35-27(20)25)23-7-3-5-21(13-23)28(29,30)31/h2-13H,14-17H2,1H3. The minimum atomic E-state index is -4.38. The van der Waals surface area contributed by atoms with E-state index < -0.39 is 11.7 Å². The van der Waals surface area contributed by atoms with Gasteiger partial charge in [0, 0.05) is 46.4 Å². The van der Waals surface area contributed by atoms with E-state index in [0.29, 0.717) is 19.0 Å². The summed E-state index contributed by atoms with van der Waals surface area (Å²) in [7, 11) is 0. The highest BCUT2D eigenvalue weighted by Crippen LogP contribution is 2.42. The van der Waals surface area contributed by atoms with Gasteiger partial charge >= 0.3 is 6.18 Å². The van der Waals surface area contributed by atoms with Gasteiger partial charge in [0.15, 0.2) is 13.5 Å². The van der Waals surface area contributed by atoms with Crippen LogP contribution < -0.4 is 19.3 Å². The topological polar surface area (TPSA) is 24.9 Å². The summed E-state index contributed by atoms with van der Waals surface area (Å²) in [5.74, 6) is 1.62. The molecule has 0 aromatic heterocycles. The Labute approximate surface area is 201 Å². The maximum absolute atomic E-state index is 13.2. The quantitative estimate of drug-likeness (QED) is 0.315. The number of rotatable bonds is 2. The third-order valence-electron chi connectivity index (χ3n) is 6.62. The zero-order valence-corrected chi connectivity index (χ0v) is 19.1. The summed E-state index contributed by atoms with van der Waals surface area (Å²) in [4.78, 5) is 4.00. The van der Waals surface area contributed by atoms with E-state index >= 15 is 0 Å². The van der Waals surface area contributed by atoms with Gasteiger partial charge in [-0.1, -0.05) is 42.5 Å². The van der Waals surface area contributed by atoms with E-state index in [0.717, 1.165) is 51.7 Å². The minimum absolute atomic E-state index is 0.173. The Morgan fingerprint density at radius 2 is 1.23 bits per heavy atom. The number of benzene rings is 4. The van der Waals surface area contributed by atoms with Gasteiger partial charge in [0.05, 0.1) is 5.56 Å². The lowest BCUT2D eigenvalue weighted by atomic mass is 9.99. The summed E-state index contributed by atoms with van der Waals surface area (Å²) in [6, 6.07) is 21.8. The molecule has 0 saturated heterocycles. The molecule has 0 atom stereocenters. The van der Waals surface area contributed by atoms with E-state index in [-0.39, 0.29) is 6.73 Å². The number of alkyl halides is 3. The third-order valence-corrected chi connectivity index (χ3v) is 6.62. The SMILES string of the molecule is Cc1cccc(N2COc3c(ccc4c5c(ccc34)CN(c3cccc(C(F)(F)F)c3)CO5)C2)c1. The van der Waals surface area contributed by atoms with Crippen LogP contribution in [0.3, 0.4) is 0 Å². The van der Waals surface area contributed by atoms with Gasteiger partial charge in [0.2, 0.25) is 0 Å². The Morgan fingerprint density at radius 3 is 1.77 bits per heavy atom. The predicted molar refractivity (Wildman–Crippen MR) is 130 cm³/mol. The van der Waals surface area contributed by atoms with Crippen LogP contribution in [0.2, 0.25) is 0 Å². The van der Waals surface area contributed by atoms with Crippen LogP contribution in [0.15, 0.2) is 72.8 Å². The molecule has 0 bridgehead atoms. The lowest BCUT2D eigenvalue weighted by Crippen LogP contribution is -2.33.